The molecule has 0 aliphatic heterocycles. The molecule has 2 aliphatic carbocycles. The van der Waals surface area contributed by atoms with Crippen molar-refractivity contribution in [3.63, 3.8) is 0 Å². The van der Waals surface area contributed by atoms with Crippen LogP contribution in [0.3, 0.4) is 0 Å². The van der Waals surface area contributed by atoms with Crippen LogP contribution in [0, 0.1) is 17.3 Å². The third-order valence-corrected chi connectivity index (χ3v) is 4.52. The summed E-state index contributed by atoms with van der Waals surface area (Å²) in [5.41, 5.74) is 5.21. The van der Waals surface area contributed by atoms with Gasteiger partial charge in [-0.15, -0.1) is 0 Å². The largest absolute Gasteiger partial charge is 0.273 e. The van der Waals surface area contributed by atoms with Crippen molar-refractivity contribution in [2.24, 2.45) is 17.3 Å². The minimum Gasteiger partial charge on any atom is -0.273 e. The van der Waals surface area contributed by atoms with Gasteiger partial charge in [0.25, 0.3) is 5.91 Å². The standard InChI is InChI=1S/C16H18N2O2/c1-16(10-11-7-8-13(16)9-11)15(20)18-17-14(19)12-5-3-2-4-6-12/h2-8,11,13H,9-10H2,1H3,(H,17,19)(H,18,20)/t11-,13-,16-/m1/s1. The molecule has 4 heteroatoms. The third-order valence-electron chi connectivity index (χ3n) is 4.52. The Morgan fingerprint density at radius 1 is 1.15 bits per heavy atom. The van der Waals surface area contributed by atoms with Crippen molar-refractivity contribution in [2.45, 2.75) is 19.8 Å². The van der Waals surface area contributed by atoms with E-state index in [0.29, 0.717) is 17.4 Å². The van der Waals surface area contributed by atoms with Crippen LogP contribution in [0.5, 0.6) is 0 Å². The van der Waals surface area contributed by atoms with E-state index >= 15 is 0 Å². The van der Waals surface area contributed by atoms with Gasteiger partial charge in [-0.2, -0.15) is 0 Å². The van der Waals surface area contributed by atoms with Crippen LogP contribution in [-0.4, -0.2) is 11.8 Å². The van der Waals surface area contributed by atoms with E-state index in [0.717, 1.165) is 12.8 Å². The molecule has 2 N–H and O–H groups in total. The Morgan fingerprint density at radius 2 is 1.90 bits per heavy atom. The summed E-state index contributed by atoms with van der Waals surface area (Å²) in [6.45, 7) is 1.98. The molecule has 1 fully saturated rings. The van der Waals surface area contributed by atoms with Gasteiger partial charge in [0.05, 0.1) is 5.41 Å². The lowest BCUT2D eigenvalue weighted by atomic mass is 9.77. The predicted octanol–water partition coefficient (Wildman–Crippen LogP) is 2.05. The highest BCUT2D eigenvalue weighted by Gasteiger charge is 2.49. The normalized spacial score (nSPS) is 30.2. The molecule has 4 nitrogen and oxygen atoms in total. The minimum absolute atomic E-state index is 0.0985. The Morgan fingerprint density at radius 3 is 2.50 bits per heavy atom. The van der Waals surface area contributed by atoms with Crippen molar-refractivity contribution in [3.8, 4) is 0 Å². The highest BCUT2D eigenvalue weighted by Crippen LogP contribution is 2.51. The van der Waals surface area contributed by atoms with E-state index in [1.807, 2.05) is 13.0 Å². The number of fused-ring (bicyclic) bond motifs is 2. The van der Waals surface area contributed by atoms with Crippen LogP contribution in [0.1, 0.15) is 30.1 Å². The summed E-state index contributed by atoms with van der Waals surface area (Å²) < 4.78 is 0. The molecule has 3 atom stereocenters. The lowest BCUT2D eigenvalue weighted by molar-refractivity contribution is -0.132. The average molecular weight is 270 g/mol. The fraction of sp³-hybridized carbons (Fsp3) is 0.375. The number of carbonyl (C=O) groups excluding carboxylic acids is 2. The molecule has 0 spiro atoms. The summed E-state index contributed by atoms with van der Waals surface area (Å²) in [6.07, 6.45) is 6.24. The summed E-state index contributed by atoms with van der Waals surface area (Å²) in [6, 6.07) is 8.85. The third kappa shape index (κ3) is 2.11. The fourth-order valence-electron chi connectivity index (χ4n) is 3.27. The number of hydrogen-bond acceptors (Lipinski definition) is 2. The summed E-state index contributed by atoms with van der Waals surface area (Å²) >= 11 is 0. The van der Waals surface area contributed by atoms with Crippen LogP contribution in [0.4, 0.5) is 0 Å². The van der Waals surface area contributed by atoms with E-state index in [1.165, 1.54) is 0 Å². The molecule has 2 aliphatic rings. The molecular formula is C16H18N2O2. The van der Waals surface area contributed by atoms with Crippen LogP contribution in [-0.2, 0) is 4.79 Å². The second kappa shape index (κ2) is 4.78. The van der Waals surface area contributed by atoms with Gasteiger partial charge in [-0.3, -0.25) is 20.4 Å². The zero-order valence-corrected chi connectivity index (χ0v) is 11.4. The highest BCUT2D eigenvalue weighted by molar-refractivity contribution is 5.96. The number of amides is 2. The van der Waals surface area contributed by atoms with Crippen LogP contribution >= 0.6 is 0 Å². The van der Waals surface area contributed by atoms with Gasteiger partial charge in [-0.1, -0.05) is 37.3 Å². The number of nitrogens with one attached hydrogen (secondary N) is 2. The van der Waals surface area contributed by atoms with Crippen molar-refractivity contribution in [2.75, 3.05) is 0 Å². The van der Waals surface area contributed by atoms with Crippen molar-refractivity contribution < 1.29 is 9.59 Å². The minimum atomic E-state index is -0.399. The molecule has 0 aromatic heterocycles. The predicted molar refractivity (Wildman–Crippen MR) is 75.5 cm³/mol. The summed E-state index contributed by atoms with van der Waals surface area (Å²) in [5, 5.41) is 0. The average Bonchev–Trinajstić information content (AvgIpc) is 3.06. The molecule has 0 heterocycles. The highest BCUT2D eigenvalue weighted by atomic mass is 16.2. The van der Waals surface area contributed by atoms with Crippen LogP contribution < -0.4 is 10.9 Å². The van der Waals surface area contributed by atoms with E-state index in [2.05, 4.69) is 23.0 Å². The topological polar surface area (TPSA) is 58.2 Å². The van der Waals surface area contributed by atoms with Gasteiger partial charge in [0.15, 0.2) is 0 Å². The number of hydrazine groups is 1. The second-order valence-electron chi connectivity index (χ2n) is 5.88. The van der Waals surface area contributed by atoms with Crippen molar-refractivity contribution in [1.82, 2.24) is 10.9 Å². The zero-order valence-electron chi connectivity index (χ0n) is 11.4. The number of allylic oxidation sites excluding steroid dienone is 2. The molecule has 0 saturated heterocycles. The first-order valence-electron chi connectivity index (χ1n) is 6.94. The molecule has 2 amide bonds. The lowest BCUT2D eigenvalue weighted by Crippen LogP contribution is -2.49. The molecule has 3 rings (SSSR count). The van der Waals surface area contributed by atoms with Gasteiger partial charge in [-0.25, -0.2) is 0 Å². The molecule has 2 bridgehead atoms. The Bertz CT molecular complexity index is 567. The number of benzene rings is 1. The molecule has 20 heavy (non-hydrogen) atoms. The molecule has 1 aromatic rings. The molecule has 104 valence electrons. The maximum atomic E-state index is 12.3. The van der Waals surface area contributed by atoms with Gasteiger partial charge in [0.2, 0.25) is 5.91 Å². The monoisotopic (exact) mass is 270 g/mol. The Balaban J connectivity index is 1.60. The molecule has 0 unspecified atom stereocenters. The first-order valence-corrected chi connectivity index (χ1v) is 6.94. The Hall–Kier alpha value is -2.10. The fourth-order valence-corrected chi connectivity index (χ4v) is 3.27. The van der Waals surface area contributed by atoms with Gasteiger partial charge < -0.3 is 0 Å². The van der Waals surface area contributed by atoms with E-state index in [1.54, 1.807) is 24.3 Å². The summed E-state index contributed by atoms with van der Waals surface area (Å²) in [5.74, 6) is 0.418. The molecule has 1 saturated carbocycles. The van der Waals surface area contributed by atoms with Crippen molar-refractivity contribution in [3.05, 3.63) is 48.0 Å². The summed E-state index contributed by atoms with van der Waals surface area (Å²) in [4.78, 5) is 24.2. The van der Waals surface area contributed by atoms with Crippen molar-refractivity contribution >= 4 is 11.8 Å². The van der Waals surface area contributed by atoms with Gasteiger partial charge >= 0.3 is 0 Å². The zero-order chi connectivity index (χ0) is 14.2. The summed E-state index contributed by atoms with van der Waals surface area (Å²) in [7, 11) is 0. The van der Waals surface area contributed by atoms with Gasteiger partial charge in [0, 0.05) is 5.56 Å². The maximum Gasteiger partial charge on any atom is 0.269 e. The number of carbonyl (C=O) groups is 2. The van der Waals surface area contributed by atoms with Crippen LogP contribution in [0.25, 0.3) is 0 Å². The molecule has 1 aromatic carbocycles. The Labute approximate surface area is 118 Å². The van der Waals surface area contributed by atoms with Gasteiger partial charge in [-0.05, 0) is 36.8 Å². The van der Waals surface area contributed by atoms with Crippen molar-refractivity contribution in [1.29, 1.82) is 0 Å². The van der Waals surface area contributed by atoms with Gasteiger partial charge in [0.1, 0.15) is 0 Å². The maximum absolute atomic E-state index is 12.3. The van der Waals surface area contributed by atoms with E-state index < -0.39 is 5.41 Å². The smallest absolute Gasteiger partial charge is 0.269 e. The Kier molecular flexibility index (Phi) is 3.08. The molecular weight excluding hydrogens is 252 g/mol. The quantitative estimate of drug-likeness (QED) is 0.638. The SMILES string of the molecule is C[C@@]1(C(=O)NNC(=O)c2ccccc2)C[C@@H]2C=C[C@@H]1C2. The van der Waals surface area contributed by atoms with E-state index in [-0.39, 0.29) is 11.8 Å². The molecule has 0 radical (unpaired) electrons. The van der Waals surface area contributed by atoms with Crippen LogP contribution in [0.2, 0.25) is 0 Å². The van der Waals surface area contributed by atoms with E-state index in [9.17, 15) is 9.59 Å². The lowest BCUT2D eigenvalue weighted by Gasteiger charge is -2.29. The first kappa shape index (κ1) is 12.9. The van der Waals surface area contributed by atoms with E-state index in [4.69, 9.17) is 0 Å². The van der Waals surface area contributed by atoms with Crippen LogP contribution in [0.15, 0.2) is 42.5 Å². The number of rotatable bonds is 2. The number of hydrogen-bond donors (Lipinski definition) is 2. The second-order valence-corrected chi connectivity index (χ2v) is 5.88. The first-order chi connectivity index (χ1) is 9.59.